The van der Waals surface area contributed by atoms with Gasteiger partial charge in [0, 0.05) is 87.9 Å². The Morgan fingerprint density at radius 1 is 0.897 bits per heavy atom. The molecular weight excluding hydrogens is 872 g/mol. The van der Waals surface area contributed by atoms with Crippen molar-refractivity contribution < 1.29 is 33.2 Å². The number of amides is 4. The molecule has 0 spiro atoms. The lowest BCUT2D eigenvalue weighted by Crippen LogP contribution is -2.49. The lowest BCUT2D eigenvalue weighted by atomic mass is 9.86. The zero-order valence-corrected chi connectivity index (χ0v) is 37.2. The Bertz CT molecular complexity index is 2890. The van der Waals surface area contributed by atoms with E-state index in [0.717, 1.165) is 35.3 Å². The van der Waals surface area contributed by atoms with Crippen LogP contribution in [0.25, 0.3) is 28.0 Å². The number of nitrogens with one attached hydrogen (secondary N) is 2. The SMILES string of the molecule is N#Cc1cnn2cc(-c3ccc(C4CCN(C(=O)CC5(O)CCN(c6ccc(NC7CCC(=O)NC7=O)cc6F)CC5)CC4)cc3)nc(-c3ccc(N4CCN(C(=O)c5ccon5)CC4)nc3)c12. The standard InChI is InChI=1S/C49H49FN12O6/c50-37-25-36(54-38-7-10-43(63)56-47(38)65)6-8-41(37)58-18-14-49(67,15-19-58)26-44(64)60-16-11-32(12-17-60)31-1-3-33(4-2-31)40-30-62-46(35(27-51)29-53-62)45(55-40)34-5-9-42(52-28-34)59-20-22-61(23-21-59)48(66)39-13-24-68-57-39/h1-6,8-9,13,24-25,28-30,32,38,54,67H,7,10-12,14-23,26H2,(H,56,63,65). The van der Waals surface area contributed by atoms with Gasteiger partial charge in [-0.1, -0.05) is 29.4 Å². The summed E-state index contributed by atoms with van der Waals surface area (Å²) in [4.78, 5) is 67.3. The predicted molar refractivity (Wildman–Crippen MR) is 247 cm³/mol. The van der Waals surface area contributed by atoms with Crippen molar-refractivity contribution in [2.24, 2.45) is 0 Å². The molecule has 68 heavy (non-hydrogen) atoms. The molecule has 4 saturated heterocycles. The van der Waals surface area contributed by atoms with Crippen LogP contribution in [0.15, 0.2) is 90.0 Å². The van der Waals surface area contributed by atoms with Gasteiger partial charge in [-0.3, -0.25) is 24.5 Å². The van der Waals surface area contributed by atoms with Crippen molar-refractivity contribution >= 4 is 46.3 Å². The summed E-state index contributed by atoms with van der Waals surface area (Å²) < 4.78 is 21.8. The Labute approximate surface area is 390 Å². The van der Waals surface area contributed by atoms with E-state index in [-0.39, 0.29) is 42.2 Å². The van der Waals surface area contributed by atoms with Gasteiger partial charge in [-0.25, -0.2) is 18.9 Å². The second-order valence-corrected chi connectivity index (χ2v) is 18.0. The number of carbonyl (C=O) groups excluding carboxylic acids is 4. The number of piperazine rings is 1. The van der Waals surface area contributed by atoms with Gasteiger partial charge < -0.3 is 34.5 Å². The van der Waals surface area contributed by atoms with Gasteiger partial charge in [0.05, 0.1) is 41.5 Å². The van der Waals surface area contributed by atoms with Gasteiger partial charge in [0.1, 0.15) is 41.1 Å². The number of halogens is 1. The Hall–Kier alpha value is -7.72. The summed E-state index contributed by atoms with van der Waals surface area (Å²) in [5, 5.41) is 35.0. The maximum absolute atomic E-state index is 15.3. The van der Waals surface area contributed by atoms with Crippen molar-refractivity contribution in [1.29, 1.82) is 5.26 Å². The van der Waals surface area contributed by atoms with E-state index < -0.39 is 23.4 Å². The molecule has 1 atom stereocenters. The number of fused-ring (bicyclic) bond motifs is 1. The van der Waals surface area contributed by atoms with Crippen LogP contribution in [0.1, 0.15) is 72.5 Å². The Kier molecular flexibility index (Phi) is 12.0. The summed E-state index contributed by atoms with van der Waals surface area (Å²) in [6.07, 6.45) is 9.25. The molecule has 0 saturated carbocycles. The number of hydrogen-bond donors (Lipinski definition) is 3. The molecule has 4 aromatic heterocycles. The Morgan fingerprint density at radius 2 is 1.66 bits per heavy atom. The highest BCUT2D eigenvalue weighted by Gasteiger charge is 2.37. The molecule has 2 aromatic carbocycles. The molecule has 4 aliphatic heterocycles. The van der Waals surface area contributed by atoms with Gasteiger partial charge in [-0.15, -0.1) is 0 Å². The van der Waals surface area contributed by atoms with E-state index in [4.69, 9.17) is 14.5 Å². The number of nitriles is 1. The highest BCUT2D eigenvalue weighted by Crippen LogP contribution is 2.35. The smallest absolute Gasteiger partial charge is 0.276 e. The lowest BCUT2D eigenvalue weighted by Gasteiger charge is -2.40. The fourth-order valence-electron chi connectivity index (χ4n) is 9.78. The van der Waals surface area contributed by atoms with E-state index in [0.29, 0.717) is 105 Å². The van der Waals surface area contributed by atoms with Crippen LogP contribution in [0.3, 0.4) is 0 Å². The van der Waals surface area contributed by atoms with Crippen molar-refractivity contribution in [3.8, 4) is 28.6 Å². The first-order chi connectivity index (χ1) is 33.0. The summed E-state index contributed by atoms with van der Waals surface area (Å²) in [7, 11) is 0. The fraction of sp³-hybridized carbons (Fsp3) is 0.367. The second-order valence-electron chi connectivity index (χ2n) is 18.0. The van der Waals surface area contributed by atoms with Crippen LogP contribution in [0.5, 0.6) is 0 Å². The molecule has 10 rings (SSSR count). The first kappa shape index (κ1) is 44.1. The highest BCUT2D eigenvalue weighted by molar-refractivity contribution is 6.01. The molecule has 3 N–H and O–H groups in total. The number of likely N-dealkylation sites (tertiary alicyclic amines) is 1. The van der Waals surface area contributed by atoms with Crippen molar-refractivity contribution in [3.63, 3.8) is 0 Å². The monoisotopic (exact) mass is 920 g/mol. The molecule has 8 heterocycles. The number of rotatable bonds is 10. The number of piperidine rings is 3. The summed E-state index contributed by atoms with van der Waals surface area (Å²) in [6, 6.07) is 20.0. The second kappa shape index (κ2) is 18.5. The first-order valence-corrected chi connectivity index (χ1v) is 23.0. The van der Waals surface area contributed by atoms with Crippen LogP contribution in [-0.2, 0) is 14.4 Å². The van der Waals surface area contributed by atoms with Crippen LogP contribution in [-0.4, -0.2) is 127 Å². The van der Waals surface area contributed by atoms with E-state index in [1.54, 1.807) is 33.8 Å². The van der Waals surface area contributed by atoms with E-state index in [1.807, 2.05) is 40.3 Å². The molecule has 0 bridgehead atoms. The lowest BCUT2D eigenvalue weighted by molar-refractivity contribution is -0.138. The molecule has 4 aliphatic rings. The Balaban J connectivity index is 0.733. The Morgan fingerprint density at radius 3 is 2.34 bits per heavy atom. The summed E-state index contributed by atoms with van der Waals surface area (Å²) in [5.74, 6) is -0.435. The minimum Gasteiger partial charge on any atom is -0.389 e. The minimum absolute atomic E-state index is 0.00970. The molecule has 0 aliphatic carbocycles. The average Bonchev–Trinajstić information content (AvgIpc) is 4.06. The molecule has 0 radical (unpaired) electrons. The van der Waals surface area contributed by atoms with Gasteiger partial charge in [0.25, 0.3) is 5.91 Å². The average molecular weight is 921 g/mol. The van der Waals surface area contributed by atoms with Gasteiger partial charge in [0.15, 0.2) is 5.69 Å². The number of hydrogen-bond acceptors (Lipinski definition) is 14. The number of aromatic nitrogens is 5. The quantitative estimate of drug-likeness (QED) is 0.158. The fourth-order valence-corrected chi connectivity index (χ4v) is 9.78. The normalized spacial score (nSPS) is 18.9. The predicted octanol–water partition coefficient (Wildman–Crippen LogP) is 4.76. The highest BCUT2D eigenvalue weighted by atomic mass is 19.1. The number of aliphatic hydroxyl groups is 1. The topological polar surface area (TPSA) is 218 Å². The van der Waals surface area contributed by atoms with Gasteiger partial charge >= 0.3 is 0 Å². The number of benzene rings is 2. The van der Waals surface area contributed by atoms with Crippen molar-refractivity contribution in [1.82, 2.24) is 39.9 Å². The molecule has 4 fully saturated rings. The van der Waals surface area contributed by atoms with E-state index in [2.05, 4.69) is 44.0 Å². The molecule has 19 heteroatoms. The first-order valence-electron chi connectivity index (χ1n) is 23.0. The number of imide groups is 1. The van der Waals surface area contributed by atoms with E-state index in [9.17, 15) is 29.5 Å². The van der Waals surface area contributed by atoms with Crippen molar-refractivity contribution in [2.75, 3.05) is 67.5 Å². The summed E-state index contributed by atoms with van der Waals surface area (Å²) in [5.41, 5.74) is 4.94. The number of pyridine rings is 1. The minimum atomic E-state index is -1.19. The third-order valence-electron chi connectivity index (χ3n) is 13.8. The van der Waals surface area contributed by atoms with E-state index >= 15 is 4.39 Å². The van der Waals surface area contributed by atoms with Crippen LogP contribution in [0.2, 0.25) is 0 Å². The zero-order valence-electron chi connectivity index (χ0n) is 37.2. The maximum atomic E-state index is 15.3. The van der Waals surface area contributed by atoms with E-state index in [1.165, 1.54) is 18.5 Å². The summed E-state index contributed by atoms with van der Waals surface area (Å²) >= 11 is 0. The molecular formula is C49H49FN12O6. The van der Waals surface area contributed by atoms with Crippen LogP contribution in [0, 0.1) is 17.1 Å². The van der Waals surface area contributed by atoms with Crippen LogP contribution in [0.4, 0.5) is 21.6 Å². The number of nitrogens with zero attached hydrogens (tertiary/aromatic N) is 10. The number of carbonyl (C=O) groups is 4. The molecule has 348 valence electrons. The summed E-state index contributed by atoms with van der Waals surface area (Å²) in [6.45, 7) is 4.17. The molecule has 6 aromatic rings. The van der Waals surface area contributed by atoms with Gasteiger partial charge in [-0.2, -0.15) is 10.4 Å². The maximum Gasteiger partial charge on any atom is 0.276 e. The zero-order chi connectivity index (χ0) is 46.9. The van der Waals surface area contributed by atoms with Crippen LogP contribution >= 0.6 is 0 Å². The third-order valence-corrected chi connectivity index (χ3v) is 13.8. The van der Waals surface area contributed by atoms with Crippen molar-refractivity contribution in [3.05, 3.63) is 108 Å². The molecule has 4 amide bonds. The molecule has 1 unspecified atom stereocenters. The largest absolute Gasteiger partial charge is 0.389 e. The van der Waals surface area contributed by atoms with Gasteiger partial charge in [0.2, 0.25) is 17.7 Å². The van der Waals surface area contributed by atoms with Crippen LogP contribution < -0.4 is 20.4 Å². The number of anilines is 3. The third kappa shape index (κ3) is 9.06. The van der Waals surface area contributed by atoms with Gasteiger partial charge in [-0.05, 0) is 73.9 Å². The molecule has 18 nitrogen and oxygen atoms in total. The van der Waals surface area contributed by atoms with Crippen molar-refractivity contribution in [2.45, 2.75) is 62.5 Å².